The Morgan fingerprint density at radius 3 is 2.64 bits per heavy atom. The number of hydrogen-bond donors (Lipinski definition) is 0. The molecule has 1 amide bonds. The van der Waals surface area contributed by atoms with E-state index < -0.39 is 5.60 Å². The molecule has 2 unspecified atom stereocenters. The molecule has 5 rings (SSSR count). The summed E-state index contributed by atoms with van der Waals surface area (Å²) in [5.41, 5.74) is 6.82. The van der Waals surface area contributed by atoms with Gasteiger partial charge in [-0.15, -0.1) is 0 Å². The lowest BCUT2D eigenvalue weighted by Gasteiger charge is -2.24. The first-order valence-electron chi connectivity index (χ1n) is 16.0. The maximum Gasteiger partial charge on any atom is 0.306 e. The second-order valence-electron chi connectivity index (χ2n) is 13.3. The van der Waals surface area contributed by atoms with E-state index in [1.165, 1.54) is 0 Å². The zero-order chi connectivity index (χ0) is 31.4. The summed E-state index contributed by atoms with van der Waals surface area (Å²) in [5.74, 6) is 1.27. The molecule has 3 heterocycles. The Balaban J connectivity index is 1.23. The molecule has 0 bridgehead atoms. The number of fused-ring (bicyclic) bond motifs is 2. The third kappa shape index (κ3) is 7.25. The molecule has 0 aromatic heterocycles. The molecule has 234 valence electrons. The summed E-state index contributed by atoms with van der Waals surface area (Å²) in [6.07, 6.45) is 10.1. The molecule has 2 atom stereocenters. The molecule has 1 fully saturated rings. The molecule has 7 nitrogen and oxygen atoms in total. The van der Waals surface area contributed by atoms with Gasteiger partial charge < -0.3 is 19.3 Å². The standard InChI is InChI=1S/C37H47N3O4/c1-25-30-11-7-8-12-32(30)36(42)39(5)33-24-38-28(16-18-31(25)33)15-13-27-14-17-29(23-34(27)43-6)40-20-9-10-26(19-21-40)22-35(41)44-37(2,3)4/h7-8,11-12,14,17-18,23-26H,9-10,13,15-16,19-22H2,1-6H3. The van der Waals surface area contributed by atoms with Crippen LogP contribution in [0.1, 0.15) is 93.6 Å². The molecule has 0 radical (unpaired) electrons. The molecule has 7 heteroatoms. The van der Waals surface area contributed by atoms with Crippen LogP contribution in [0.5, 0.6) is 5.75 Å². The summed E-state index contributed by atoms with van der Waals surface area (Å²) in [4.78, 5) is 34.7. The number of allylic oxidation sites excluding steroid dienone is 2. The number of esters is 1. The van der Waals surface area contributed by atoms with Gasteiger partial charge in [0.1, 0.15) is 11.4 Å². The van der Waals surface area contributed by atoms with Gasteiger partial charge in [-0.3, -0.25) is 14.6 Å². The Morgan fingerprint density at radius 2 is 1.86 bits per heavy atom. The third-order valence-electron chi connectivity index (χ3n) is 9.05. The van der Waals surface area contributed by atoms with E-state index in [0.29, 0.717) is 12.3 Å². The minimum atomic E-state index is -0.441. The summed E-state index contributed by atoms with van der Waals surface area (Å²) >= 11 is 0. The maximum atomic E-state index is 13.3. The lowest BCUT2D eigenvalue weighted by atomic mass is 9.88. The van der Waals surface area contributed by atoms with Crippen molar-refractivity contribution in [3.05, 3.63) is 82.7 Å². The Bertz CT molecular complexity index is 1480. The molecule has 3 aliphatic heterocycles. The fraction of sp³-hybridized carbons (Fsp3) is 0.486. The predicted octanol–water partition coefficient (Wildman–Crippen LogP) is 7.47. The van der Waals surface area contributed by atoms with Crippen LogP contribution in [0.15, 0.2) is 71.0 Å². The topological polar surface area (TPSA) is 71.4 Å². The van der Waals surface area contributed by atoms with Gasteiger partial charge in [0.15, 0.2) is 0 Å². The molecule has 0 spiro atoms. The number of benzene rings is 2. The predicted molar refractivity (Wildman–Crippen MR) is 176 cm³/mol. The normalized spacial score (nSPS) is 20.7. The van der Waals surface area contributed by atoms with Crippen molar-refractivity contribution in [2.24, 2.45) is 10.9 Å². The van der Waals surface area contributed by atoms with Crippen molar-refractivity contribution in [3.8, 4) is 5.75 Å². The average molecular weight is 598 g/mol. The van der Waals surface area contributed by atoms with Crippen molar-refractivity contribution in [1.29, 1.82) is 0 Å². The van der Waals surface area contributed by atoms with Crippen LogP contribution in [0.4, 0.5) is 5.69 Å². The number of carbonyl (C=O) groups is 2. The molecular formula is C37H47N3O4. The highest BCUT2D eigenvalue weighted by Gasteiger charge is 2.31. The second-order valence-corrected chi connectivity index (χ2v) is 13.3. The number of methoxy groups -OCH3 is 1. The van der Waals surface area contributed by atoms with Gasteiger partial charge in [0, 0.05) is 61.9 Å². The summed E-state index contributed by atoms with van der Waals surface area (Å²) in [6, 6.07) is 14.4. The molecule has 2 aromatic rings. The van der Waals surface area contributed by atoms with Crippen LogP contribution >= 0.6 is 0 Å². The summed E-state index contributed by atoms with van der Waals surface area (Å²) < 4.78 is 11.4. The van der Waals surface area contributed by atoms with Crippen LogP contribution in [0.3, 0.4) is 0 Å². The molecule has 44 heavy (non-hydrogen) atoms. The number of anilines is 1. The quantitative estimate of drug-likeness (QED) is 0.310. The Kier molecular flexibility index (Phi) is 9.62. The zero-order valence-corrected chi connectivity index (χ0v) is 27.2. The van der Waals surface area contributed by atoms with E-state index in [2.05, 4.69) is 42.2 Å². The van der Waals surface area contributed by atoms with Crippen molar-refractivity contribution in [3.63, 3.8) is 0 Å². The number of aliphatic imine (C=N–C) groups is 1. The smallest absolute Gasteiger partial charge is 0.306 e. The number of amides is 1. The third-order valence-corrected chi connectivity index (χ3v) is 9.05. The molecule has 3 aliphatic rings. The van der Waals surface area contributed by atoms with E-state index >= 15 is 0 Å². The van der Waals surface area contributed by atoms with Crippen LogP contribution in [0, 0.1) is 5.92 Å². The lowest BCUT2D eigenvalue weighted by molar-refractivity contribution is -0.156. The van der Waals surface area contributed by atoms with E-state index in [-0.39, 0.29) is 17.8 Å². The Hall–Kier alpha value is -3.87. The van der Waals surface area contributed by atoms with E-state index in [4.69, 9.17) is 14.5 Å². The average Bonchev–Trinajstić information content (AvgIpc) is 3.38. The minimum Gasteiger partial charge on any atom is -0.496 e. The van der Waals surface area contributed by atoms with Gasteiger partial charge in [-0.25, -0.2) is 0 Å². The largest absolute Gasteiger partial charge is 0.496 e. The molecular weight excluding hydrogens is 550 g/mol. The fourth-order valence-corrected chi connectivity index (χ4v) is 6.65. The first-order valence-corrected chi connectivity index (χ1v) is 16.0. The van der Waals surface area contributed by atoms with Gasteiger partial charge in [-0.1, -0.05) is 37.3 Å². The zero-order valence-electron chi connectivity index (χ0n) is 27.2. The van der Waals surface area contributed by atoms with Crippen molar-refractivity contribution in [2.45, 2.75) is 84.2 Å². The van der Waals surface area contributed by atoms with E-state index in [1.54, 1.807) is 12.0 Å². The summed E-state index contributed by atoms with van der Waals surface area (Å²) in [6.45, 7) is 9.82. The monoisotopic (exact) mass is 597 g/mol. The number of nitrogens with zero attached hydrogens (tertiary/aromatic N) is 3. The number of aryl methyl sites for hydroxylation is 1. The van der Waals surface area contributed by atoms with E-state index in [9.17, 15) is 9.59 Å². The van der Waals surface area contributed by atoms with Crippen molar-refractivity contribution in [2.75, 3.05) is 32.1 Å². The van der Waals surface area contributed by atoms with Crippen molar-refractivity contribution >= 4 is 23.3 Å². The second kappa shape index (κ2) is 13.4. The highest BCUT2D eigenvalue weighted by molar-refractivity contribution is 5.99. The Labute approximate surface area is 262 Å². The van der Waals surface area contributed by atoms with Crippen LogP contribution in [0.25, 0.3) is 0 Å². The van der Waals surface area contributed by atoms with Gasteiger partial charge in [0.25, 0.3) is 5.91 Å². The number of rotatable bonds is 7. The van der Waals surface area contributed by atoms with Gasteiger partial charge >= 0.3 is 5.97 Å². The van der Waals surface area contributed by atoms with E-state index in [0.717, 1.165) is 96.7 Å². The van der Waals surface area contributed by atoms with Gasteiger partial charge in [-0.05, 0) is 87.6 Å². The van der Waals surface area contributed by atoms with Crippen LogP contribution in [-0.2, 0) is 16.0 Å². The van der Waals surface area contributed by atoms with E-state index in [1.807, 2.05) is 52.2 Å². The van der Waals surface area contributed by atoms with Gasteiger partial charge in [0.05, 0.1) is 19.0 Å². The molecule has 0 saturated carbocycles. The Morgan fingerprint density at radius 1 is 1.07 bits per heavy atom. The molecule has 2 aromatic carbocycles. The number of ether oxygens (including phenoxy) is 2. The molecule has 0 aliphatic carbocycles. The van der Waals surface area contributed by atoms with Gasteiger partial charge in [-0.2, -0.15) is 0 Å². The highest BCUT2D eigenvalue weighted by Crippen LogP contribution is 2.38. The fourth-order valence-electron chi connectivity index (χ4n) is 6.65. The maximum absolute atomic E-state index is 13.3. The van der Waals surface area contributed by atoms with Crippen LogP contribution in [-0.4, -0.2) is 55.3 Å². The summed E-state index contributed by atoms with van der Waals surface area (Å²) in [5, 5.41) is 0. The van der Waals surface area contributed by atoms with Crippen molar-refractivity contribution in [1.82, 2.24) is 4.90 Å². The first-order chi connectivity index (χ1) is 21.0. The van der Waals surface area contributed by atoms with Crippen molar-refractivity contribution < 1.29 is 19.1 Å². The van der Waals surface area contributed by atoms with Crippen LogP contribution in [0.2, 0.25) is 0 Å². The minimum absolute atomic E-state index is 0.00791. The summed E-state index contributed by atoms with van der Waals surface area (Å²) in [7, 11) is 3.58. The molecule has 1 saturated heterocycles. The molecule has 0 N–H and O–H groups in total. The highest BCUT2D eigenvalue weighted by atomic mass is 16.6. The van der Waals surface area contributed by atoms with Gasteiger partial charge in [0.2, 0.25) is 0 Å². The number of carbonyl (C=O) groups excluding carboxylic acids is 2. The SMILES string of the molecule is COc1cc(N2CCCC(CC(=O)OC(C)(C)C)CC2)ccc1CCC1=NC=C2C(=CC1)C(C)c1ccccc1C(=O)N2C. The van der Waals surface area contributed by atoms with Crippen LogP contribution < -0.4 is 9.64 Å². The number of hydrogen-bond acceptors (Lipinski definition) is 6. The first kappa shape index (κ1) is 31.6. The number of likely N-dealkylation sites (N-methyl/N-ethyl adjacent to an activating group) is 1. The lowest BCUT2D eigenvalue weighted by Crippen LogP contribution is -2.26.